The van der Waals surface area contributed by atoms with E-state index in [1.54, 1.807) is 12.4 Å². The lowest BCUT2D eigenvalue weighted by Gasteiger charge is -2.05. The van der Waals surface area contributed by atoms with Gasteiger partial charge in [-0.2, -0.15) is 0 Å². The van der Waals surface area contributed by atoms with Crippen molar-refractivity contribution in [2.45, 2.75) is 0 Å². The predicted molar refractivity (Wildman–Crippen MR) is 69.5 cm³/mol. The Morgan fingerprint density at radius 1 is 1.13 bits per heavy atom. The van der Waals surface area contributed by atoms with Gasteiger partial charge in [0.15, 0.2) is 0 Å². The number of para-hydroxylation sites is 1. The summed E-state index contributed by atoms with van der Waals surface area (Å²) in [5.41, 5.74) is 0.806. The zero-order valence-corrected chi connectivity index (χ0v) is 10.5. The van der Waals surface area contributed by atoms with Crippen molar-refractivity contribution in [2.75, 3.05) is 5.32 Å². The molecule has 0 atom stereocenters. The van der Waals surface area contributed by atoms with E-state index in [-0.39, 0.29) is 0 Å². The van der Waals surface area contributed by atoms with Crippen LogP contribution in [0.25, 0.3) is 0 Å². The maximum Gasteiger partial charge on any atom is 0.227 e. The first-order valence-corrected chi connectivity index (χ1v) is 5.70. The highest BCUT2D eigenvalue weighted by molar-refractivity contribution is 14.1. The molecule has 0 amide bonds. The number of rotatable bonds is 2. The minimum absolute atomic E-state index is 0.545. The average molecular weight is 332 g/mol. The van der Waals surface area contributed by atoms with Crippen LogP contribution in [-0.2, 0) is 0 Å². The van der Waals surface area contributed by atoms with Crippen molar-refractivity contribution in [3.8, 4) is 0 Å². The van der Waals surface area contributed by atoms with Gasteiger partial charge >= 0.3 is 0 Å². The highest BCUT2D eigenvalue weighted by Gasteiger charge is 2.00. The van der Waals surface area contributed by atoms with Gasteiger partial charge < -0.3 is 5.32 Å². The Hall–Kier alpha value is -0.880. The minimum atomic E-state index is 0.545. The van der Waals surface area contributed by atoms with Crippen LogP contribution in [0.3, 0.4) is 0 Å². The predicted octanol–water partition coefficient (Wildman–Crippen LogP) is 3.48. The molecule has 0 spiro atoms. The first kappa shape index (κ1) is 10.6. The van der Waals surface area contributed by atoms with E-state index in [4.69, 9.17) is 11.6 Å². The smallest absolute Gasteiger partial charge is 0.227 e. The molecule has 0 aliphatic rings. The van der Waals surface area contributed by atoms with E-state index in [1.807, 2.05) is 24.3 Å². The number of aromatic nitrogens is 2. The van der Waals surface area contributed by atoms with Gasteiger partial charge in [-0.25, -0.2) is 9.97 Å². The third-order valence-electron chi connectivity index (χ3n) is 1.74. The molecule has 1 N–H and O–H groups in total. The van der Waals surface area contributed by atoms with Crippen LogP contribution in [0.4, 0.5) is 11.6 Å². The van der Waals surface area contributed by atoms with E-state index in [0.717, 1.165) is 9.26 Å². The fraction of sp³-hybridized carbons (Fsp3) is 0. The minimum Gasteiger partial charge on any atom is -0.323 e. The van der Waals surface area contributed by atoms with Crippen LogP contribution >= 0.6 is 34.2 Å². The Balaban J connectivity index is 2.22. The Labute approximate surface area is 106 Å². The fourth-order valence-corrected chi connectivity index (χ4v) is 1.52. The van der Waals surface area contributed by atoms with Crippen LogP contribution < -0.4 is 5.32 Å². The lowest BCUT2D eigenvalue weighted by Crippen LogP contribution is -1.96. The van der Waals surface area contributed by atoms with E-state index in [2.05, 4.69) is 37.9 Å². The average Bonchev–Trinajstić information content (AvgIpc) is 2.25. The topological polar surface area (TPSA) is 37.8 Å². The lowest BCUT2D eigenvalue weighted by molar-refractivity contribution is 1.15. The first-order valence-electron chi connectivity index (χ1n) is 4.25. The van der Waals surface area contributed by atoms with Crippen molar-refractivity contribution in [3.63, 3.8) is 0 Å². The summed E-state index contributed by atoms with van der Waals surface area (Å²) in [6, 6.07) is 7.48. The Morgan fingerprint density at radius 2 is 1.80 bits per heavy atom. The van der Waals surface area contributed by atoms with Crippen molar-refractivity contribution < 1.29 is 0 Å². The molecule has 1 aromatic heterocycles. The molecule has 3 nitrogen and oxygen atoms in total. The molecule has 0 radical (unpaired) electrons. The number of anilines is 2. The molecule has 5 heteroatoms. The number of nitrogens with one attached hydrogen (secondary N) is 1. The first-order chi connectivity index (χ1) is 7.25. The van der Waals surface area contributed by atoms with Crippen LogP contribution in [0, 0.1) is 3.57 Å². The lowest BCUT2D eigenvalue weighted by atomic mass is 10.3. The molecule has 0 aliphatic carbocycles. The molecule has 0 aliphatic heterocycles. The summed E-state index contributed by atoms with van der Waals surface area (Å²) in [6.45, 7) is 0. The summed E-state index contributed by atoms with van der Waals surface area (Å²) < 4.78 is 0.998. The zero-order valence-electron chi connectivity index (χ0n) is 7.61. The van der Waals surface area contributed by atoms with E-state index in [0.29, 0.717) is 11.0 Å². The summed E-state index contributed by atoms with van der Waals surface area (Å²) in [6.07, 6.45) is 3.49. The van der Waals surface area contributed by atoms with Crippen LogP contribution in [-0.4, -0.2) is 9.97 Å². The van der Waals surface area contributed by atoms with Crippen molar-refractivity contribution in [1.29, 1.82) is 0 Å². The van der Waals surface area contributed by atoms with Crippen molar-refractivity contribution in [1.82, 2.24) is 9.97 Å². The summed E-state index contributed by atoms with van der Waals surface area (Å²) in [5, 5.41) is 3.69. The van der Waals surface area contributed by atoms with E-state index < -0.39 is 0 Å². The third kappa shape index (κ3) is 2.79. The Bertz CT molecular complexity index is 458. The highest BCUT2D eigenvalue weighted by Crippen LogP contribution is 2.22. The molecule has 0 saturated carbocycles. The van der Waals surface area contributed by atoms with Crippen LogP contribution in [0.1, 0.15) is 0 Å². The Morgan fingerprint density at radius 3 is 2.47 bits per heavy atom. The van der Waals surface area contributed by atoms with Gasteiger partial charge in [0, 0.05) is 16.0 Å². The molecule has 15 heavy (non-hydrogen) atoms. The van der Waals surface area contributed by atoms with E-state index >= 15 is 0 Å². The summed E-state index contributed by atoms with van der Waals surface area (Å²) in [7, 11) is 0. The number of hydrogen-bond acceptors (Lipinski definition) is 3. The SMILES string of the molecule is Clc1ccccc1Nc1ncc(I)cn1. The molecule has 0 fully saturated rings. The van der Waals surface area contributed by atoms with Crippen molar-refractivity contribution in [3.05, 3.63) is 45.3 Å². The van der Waals surface area contributed by atoms with Gasteiger partial charge in [-0.15, -0.1) is 0 Å². The number of benzene rings is 1. The van der Waals surface area contributed by atoms with Crippen LogP contribution in [0.15, 0.2) is 36.7 Å². The molecule has 0 unspecified atom stereocenters. The second-order valence-electron chi connectivity index (χ2n) is 2.83. The van der Waals surface area contributed by atoms with Crippen molar-refractivity contribution >= 4 is 45.8 Å². The number of hydrogen-bond donors (Lipinski definition) is 1. The van der Waals surface area contributed by atoms with Crippen LogP contribution in [0.5, 0.6) is 0 Å². The normalized spacial score (nSPS) is 10.0. The number of nitrogens with zero attached hydrogens (tertiary/aromatic N) is 2. The Kier molecular flexibility index (Phi) is 3.37. The maximum absolute atomic E-state index is 5.99. The van der Waals surface area contributed by atoms with Gasteiger partial charge in [-0.05, 0) is 34.7 Å². The van der Waals surface area contributed by atoms with Gasteiger partial charge in [0.2, 0.25) is 5.95 Å². The monoisotopic (exact) mass is 331 g/mol. The molecule has 0 saturated heterocycles. The van der Waals surface area contributed by atoms with Gasteiger partial charge in [0.05, 0.1) is 10.7 Å². The van der Waals surface area contributed by atoms with E-state index in [1.165, 1.54) is 0 Å². The van der Waals surface area contributed by atoms with Gasteiger partial charge in [0.25, 0.3) is 0 Å². The summed E-state index contributed by atoms with van der Waals surface area (Å²) in [5.74, 6) is 0.545. The summed E-state index contributed by atoms with van der Waals surface area (Å²) >= 11 is 8.14. The molecule has 76 valence electrons. The molecule has 2 aromatic rings. The quantitative estimate of drug-likeness (QED) is 0.856. The van der Waals surface area contributed by atoms with Gasteiger partial charge in [-0.1, -0.05) is 23.7 Å². The van der Waals surface area contributed by atoms with Crippen molar-refractivity contribution in [2.24, 2.45) is 0 Å². The van der Waals surface area contributed by atoms with Gasteiger partial charge in [0.1, 0.15) is 0 Å². The molecular weight excluding hydrogens is 324 g/mol. The highest BCUT2D eigenvalue weighted by atomic mass is 127. The van der Waals surface area contributed by atoms with Gasteiger partial charge in [-0.3, -0.25) is 0 Å². The summed E-state index contributed by atoms with van der Waals surface area (Å²) in [4.78, 5) is 8.25. The molecule has 1 aromatic carbocycles. The second-order valence-corrected chi connectivity index (χ2v) is 4.48. The molecular formula is C10H7ClIN3. The third-order valence-corrected chi connectivity index (χ3v) is 2.63. The standard InChI is InChI=1S/C10H7ClIN3/c11-8-3-1-2-4-9(8)15-10-13-5-7(12)6-14-10/h1-6H,(H,13,14,15). The maximum atomic E-state index is 5.99. The van der Waals surface area contributed by atoms with Crippen LogP contribution in [0.2, 0.25) is 5.02 Å². The molecule has 0 bridgehead atoms. The second kappa shape index (κ2) is 4.76. The molecule has 2 rings (SSSR count). The largest absolute Gasteiger partial charge is 0.323 e. The zero-order chi connectivity index (χ0) is 10.7. The van der Waals surface area contributed by atoms with E-state index in [9.17, 15) is 0 Å². The molecule has 1 heterocycles. The number of halogens is 2. The fourth-order valence-electron chi connectivity index (χ4n) is 1.06.